The molecule has 0 aromatic heterocycles. The maximum absolute atomic E-state index is 12.1. The lowest BCUT2D eigenvalue weighted by molar-refractivity contribution is -0.274. The predicted octanol–water partition coefficient (Wildman–Crippen LogP) is 9.31. The number of benzene rings is 4. The van der Waals surface area contributed by atoms with Crippen molar-refractivity contribution in [3.63, 3.8) is 0 Å². The second kappa shape index (κ2) is 19.5. The highest BCUT2D eigenvalue weighted by molar-refractivity contribution is 6.42. The zero-order valence-corrected chi connectivity index (χ0v) is 30.3. The molecule has 0 bridgehead atoms. The minimum atomic E-state index is -4.71. The molecule has 0 aliphatic carbocycles. The molecule has 0 saturated carbocycles. The maximum Gasteiger partial charge on any atom is 0.573 e. The molecule has 4 aromatic carbocycles. The Morgan fingerprint density at radius 3 is 1.57 bits per heavy atom. The first-order valence-corrected chi connectivity index (χ1v) is 18.0. The molecule has 4 aromatic rings. The van der Waals surface area contributed by atoms with E-state index in [0.717, 1.165) is 55.8 Å². The van der Waals surface area contributed by atoms with Crippen LogP contribution < -0.4 is 26.0 Å². The van der Waals surface area contributed by atoms with Crippen LogP contribution in [0.5, 0.6) is 5.75 Å². The minimum Gasteiger partial charge on any atom is -0.449 e. The summed E-state index contributed by atoms with van der Waals surface area (Å²) >= 11 is 11.8. The van der Waals surface area contributed by atoms with Gasteiger partial charge < -0.3 is 24.8 Å². The number of rotatable bonds is 11. The van der Waals surface area contributed by atoms with E-state index in [4.69, 9.17) is 32.7 Å². The molecule has 2 heterocycles. The van der Waals surface area contributed by atoms with Crippen LogP contribution >= 0.6 is 23.2 Å². The molecule has 2 unspecified atom stereocenters. The van der Waals surface area contributed by atoms with Gasteiger partial charge in [-0.3, -0.25) is 10.6 Å². The standard InChI is InChI=1S/C20H21F3N2O3.C19H20Cl2N2O2/c21-20(22,23)28-18-7-1-14(2-8-18)10-12-27-19(26)25-17-5-3-15(4-6-17)16-9-11-24-13-16;20-17-6-1-13(11-18(17)21)8-10-25-19(24)23-16-4-2-14(3-5-16)15-7-9-22-12-15/h1-8,16,24H,9-13H2,(H,25,26);1-6,11,15,22H,7-10,12H2,(H,23,24). The summed E-state index contributed by atoms with van der Waals surface area (Å²) in [5, 5.41) is 13.1. The first-order chi connectivity index (χ1) is 25.5. The van der Waals surface area contributed by atoms with Crippen molar-refractivity contribution < 1.29 is 37.0 Å². The lowest BCUT2D eigenvalue weighted by atomic mass is 9.98. The Bertz CT molecular complexity index is 1770. The number of anilines is 2. The summed E-state index contributed by atoms with van der Waals surface area (Å²) in [6, 6.07) is 26.5. The zero-order chi connectivity index (χ0) is 37.6. The van der Waals surface area contributed by atoms with Crippen LogP contribution in [0.2, 0.25) is 10.0 Å². The van der Waals surface area contributed by atoms with Gasteiger partial charge in [-0.25, -0.2) is 9.59 Å². The van der Waals surface area contributed by atoms with E-state index in [0.29, 0.717) is 40.4 Å². The number of alkyl halides is 3. The molecule has 6 rings (SSSR count). The molecule has 9 nitrogen and oxygen atoms in total. The second-order valence-electron chi connectivity index (χ2n) is 12.6. The van der Waals surface area contributed by atoms with Gasteiger partial charge in [0.1, 0.15) is 5.75 Å². The molecule has 53 heavy (non-hydrogen) atoms. The number of ether oxygens (including phenoxy) is 3. The molecule has 2 fully saturated rings. The van der Waals surface area contributed by atoms with Crippen molar-refractivity contribution in [1.82, 2.24) is 10.6 Å². The Morgan fingerprint density at radius 2 is 1.13 bits per heavy atom. The van der Waals surface area contributed by atoms with E-state index in [9.17, 15) is 22.8 Å². The molecular formula is C39H41Cl2F3N4O5. The number of hydrogen-bond acceptors (Lipinski definition) is 7. The van der Waals surface area contributed by atoms with Gasteiger partial charge in [-0.1, -0.05) is 65.7 Å². The first kappa shape index (κ1) is 39.7. The fourth-order valence-electron chi connectivity index (χ4n) is 5.94. The molecule has 2 aliphatic heterocycles. The second-order valence-corrected chi connectivity index (χ2v) is 13.4. The van der Waals surface area contributed by atoms with Crippen molar-refractivity contribution in [2.75, 3.05) is 50.0 Å². The molecule has 2 atom stereocenters. The number of amides is 2. The summed E-state index contributed by atoms with van der Waals surface area (Å²) < 4.78 is 50.5. The molecule has 2 aliphatic rings. The summed E-state index contributed by atoms with van der Waals surface area (Å²) in [4.78, 5) is 23.7. The average Bonchev–Trinajstić information content (AvgIpc) is 3.87. The van der Waals surface area contributed by atoms with Crippen molar-refractivity contribution in [3.8, 4) is 5.75 Å². The van der Waals surface area contributed by atoms with Crippen molar-refractivity contribution >= 4 is 46.8 Å². The van der Waals surface area contributed by atoms with Crippen LogP contribution in [0.15, 0.2) is 91.0 Å². The summed E-state index contributed by atoms with van der Waals surface area (Å²) in [5.41, 5.74) is 5.61. The third kappa shape index (κ3) is 13.5. The monoisotopic (exact) mass is 772 g/mol. The molecule has 2 amide bonds. The van der Waals surface area contributed by atoms with Gasteiger partial charge in [-0.2, -0.15) is 0 Å². The molecule has 0 radical (unpaired) electrons. The smallest absolute Gasteiger partial charge is 0.449 e. The number of nitrogens with one attached hydrogen (secondary N) is 4. The molecule has 282 valence electrons. The Kier molecular flexibility index (Phi) is 14.6. The van der Waals surface area contributed by atoms with Gasteiger partial charge in [0.05, 0.1) is 23.3 Å². The van der Waals surface area contributed by atoms with Crippen LogP contribution in [0, 0.1) is 0 Å². The van der Waals surface area contributed by atoms with E-state index in [1.165, 1.54) is 35.4 Å². The molecule has 0 spiro atoms. The molecular weight excluding hydrogens is 732 g/mol. The van der Waals surface area contributed by atoms with Gasteiger partial charge in [-0.15, -0.1) is 13.2 Å². The molecule has 14 heteroatoms. The van der Waals surface area contributed by atoms with Crippen LogP contribution in [0.25, 0.3) is 0 Å². The summed E-state index contributed by atoms with van der Waals surface area (Å²) in [6.07, 6.45) is -2.52. The predicted molar refractivity (Wildman–Crippen MR) is 200 cm³/mol. The summed E-state index contributed by atoms with van der Waals surface area (Å²) in [6.45, 7) is 4.46. The number of hydrogen-bond donors (Lipinski definition) is 4. The average molecular weight is 774 g/mol. The zero-order valence-electron chi connectivity index (χ0n) is 28.8. The lowest BCUT2D eigenvalue weighted by Gasteiger charge is -2.11. The van der Waals surface area contributed by atoms with E-state index in [1.807, 2.05) is 42.5 Å². The fourth-order valence-corrected chi connectivity index (χ4v) is 6.26. The van der Waals surface area contributed by atoms with Gasteiger partial charge >= 0.3 is 18.5 Å². The van der Waals surface area contributed by atoms with Crippen molar-refractivity contribution in [3.05, 3.63) is 123 Å². The van der Waals surface area contributed by atoms with Gasteiger partial charge in [0, 0.05) is 37.3 Å². The third-order valence-corrected chi connectivity index (χ3v) is 9.51. The summed E-state index contributed by atoms with van der Waals surface area (Å²) in [5.74, 6) is 0.785. The van der Waals surface area contributed by atoms with E-state index in [2.05, 4.69) is 38.1 Å². The summed E-state index contributed by atoms with van der Waals surface area (Å²) in [7, 11) is 0. The quantitative estimate of drug-likeness (QED) is 0.120. The first-order valence-electron chi connectivity index (χ1n) is 17.3. The normalized spacial score (nSPS) is 16.6. The number of carbonyl (C=O) groups excluding carboxylic acids is 2. The topological polar surface area (TPSA) is 110 Å². The van der Waals surface area contributed by atoms with Crippen LogP contribution in [0.4, 0.5) is 34.1 Å². The van der Waals surface area contributed by atoms with Crippen molar-refractivity contribution in [1.29, 1.82) is 0 Å². The van der Waals surface area contributed by atoms with Gasteiger partial charge in [0.25, 0.3) is 0 Å². The Hall–Kier alpha value is -4.49. The SMILES string of the molecule is O=C(Nc1ccc(C2CCNC2)cc1)OCCc1ccc(Cl)c(Cl)c1.O=C(Nc1ccc(C2CCNC2)cc1)OCCc1ccc(OC(F)(F)F)cc1. The fraction of sp³-hybridized carbons (Fsp3) is 0.333. The Morgan fingerprint density at radius 1 is 0.660 bits per heavy atom. The Labute approximate surface area is 316 Å². The van der Waals surface area contributed by atoms with Crippen LogP contribution in [-0.2, 0) is 22.3 Å². The molecule has 4 N–H and O–H groups in total. The van der Waals surface area contributed by atoms with Gasteiger partial charge in [0.15, 0.2) is 0 Å². The Balaban J connectivity index is 0.000000206. The van der Waals surface area contributed by atoms with E-state index < -0.39 is 18.5 Å². The highest BCUT2D eigenvalue weighted by Crippen LogP contribution is 2.26. The van der Waals surface area contributed by atoms with Crippen LogP contribution in [0.1, 0.15) is 46.9 Å². The highest BCUT2D eigenvalue weighted by atomic mass is 35.5. The minimum absolute atomic E-state index is 0.108. The van der Waals surface area contributed by atoms with Crippen molar-refractivity contribution in [2.45, 2.75) is 43.9 Å². The van der Waals surface area contributed by atoms with Crippen LogP contribution in [0.3, 0.4) is 0 Å². The van der Waals surface area contributed by atoms with Crippen molar-refractivity contribution in [2.24, 2.45) is 0 Å². The highest BCUT2D eigenvalue weighted by Gasteiger charge is 2.31. The lowest BCUT2D eigenvalue weighted by Crippen LogP contribution is -2.17. The molecule has 2 saturated heterocycles. The third-order valence-electron chi connectivity index (χ3n) is 8.77. The van der Waals surface area contributed by atoms with E-state index in [1.54, 1.807) is 12.1 Å². The van der Waals surface area contributed by atoms with Gasteiger partial charge in [-0.05, 0) is 109 Å². The van der Waals surface area contributed by atoms with Crippen LogP contribution in [-0.4, -0.2) is 57.9 Å². The van der Waals surface area contributed by atoms with E-state index in [-0.39, 0.29) is 19.0 Å². The largest absolute Gasteiger partial charge is 0.573 e. The van der Waals surface area contributed by atoms with E-state index >= 15 is 0 Å². The number of carbonyl (C=O) groups is 2. The number of halogens is 5. The maximum atomic E-state index is 12.1. The van der Waals surface area contributed by atoms with Gasteiger partial charge in [0.2, 0.25) is 0 Å².